The summed E-state index contributed by atoms with van der Waals surface area (Å²) in [5.74, 6) is 0. The lowest BCUT2D eigenvalue weighted by Gasteiger charge is -2.32. The third kappa shape index (κ3) is 5.04. The standard InChI is InChI=1S/C42H42N2/c1-5-6-8-14-29(2)38-27-30(21-24-41(38)43-32-15-11-12-16-32)31-25-35(26-31)44(33-17-9-7-10-18-33)34-22-23-37-36-19-13-20-39(36)42(3,4)40(37)28-34/h7,9-11,13,15-19,21-24,27-28,43H,2,5-6,8,12,14,20,25H2,1,3-4H3. The lowest BCUT2D eigenvalue weighted by atomic mass is 9.80. The van der Waals surface area contributed by atoms with Crippen molar-refractivity contribution in [3.8, 4) is 0 Å². The number of benzene rings is 3. The molecule has 0 radical (unpaired) electrons. The molecule has 2 heteroatoms. The zero-order chi connectivity index (χ0) is 30.3. The molecule has 0 aromatic heterocycles. The van der Waals surface area contributed by atoms with Gasteiger partial charge in [0.15, 0.2) is 0 Å². The zero-order valence-electron chi connectivity index (χ0n) is 26.3. The van der Waals surface area contributed by atoms with Gasteiger partial charge in [0.2, 0.25) is 0 Å². The second kappa shape index (κ2) is 11.5. The van der Waals surface area contributed by atoms with Crippen LogP contribution in [-0.4, -0.2) is 0 Å². The van der Waals surface area contributed by atoms with E-state index in [-0.39, 0.29) is 5.41 Å². The molecule has 0 unspecified atom stereocenters. The van der Waals surface area contributed by atoms with Gasteiger partial charge >= 0.3 is 0 Å². The number of para-hydroxylation sites is 1. The van der Waals surface area contributed by atoms with E-state index in [0.29, 0.717) is 0 Å². The van der Waals surface area contributed by atoms with Crippen LogP contribution in [0.3, 0.4) is 0 Å². The van der Waals surface area contributed by atoms with Gasteiger partial charge in [-0.05, 0) is 102 Å². The molecule has 0 aliphatic heterocycles. The first-order chi connectivity index (χ1) is 21.4. The van der Waals surface area contributed by atoms with Crippen LogP contribution in [0.25, 0.3) is 16.7 Å². The maximum Gasteiger partial charge on any atom is 0.0709 e. The predicted molar refractivity (Wildman–Crippen MR) is 189 cm³/mol. The number of nitrogens with one attached hydrogen (secondary N) is 1. The number of unbranched alkanes of at least 4 members (excludes halogenated alkanes) is 2. The van der Waals surface area contributed by atoms with Gasteiger partial charge in [-0.2, -0.15) is 0 Å². The Kier molecular flexibility index (Phi) is 7.40. The SMILES string of the molecule is C=C(CCCCC)c1cc(C2=C=C(N(c3ccccc3)c3ccc4c(c3)C(C)(C)C3=C4C=CC3)C2)ccc1NC1=CCC=C1. The van der Waals surface area contributed by atoms with E-state index >= 15 is 0 Å². The number of allylic oxidation sites excluding steroid dienone is 8. The summed E-state index contributed by atoms with van der Waals surface area (Å²) < 4.78 is 0. The van der Waals surface area contributed by atoms with Crippen LogP contribution >= 0.6 is 0 Å². The number of nitrogens with zero attached hydrogens (tertiary/aromatic N) is 1. The van der Waals surface area contributed by atoms with Crippen molar-refractivity contribution in [3.05, 3.63) is 149 Å². The highest BCUT2D eigenvalue weighted by Gasteiger charge is 2.38. The van der Waals surface area contributed by atoms with Crippen molar-refractivity contribution in [1.29, 1.82) is 0 Å². The molecule has 0 bridgehead atoms. The summed E-state index contributed by atoms with van der Waals surface area (Å²) in [7, 11) is 0. The van der Waals surface area contributed by atoms with Crippen LogP contribution in [0, 0.1) is 0 Å². The van der Waals surface area contributed by atoms with Crippen molar-refractivity contribution in [2.45, 2.75) is 71.1 Å². The summed E-state index contributed by atoms with van der Waals surface area (Å²) >= 11 is 0. The molecule has 0 saturated heterocycles. The molecule has 4 aliphatic rings. The molecule has 0 spiro atoms. The second-order valence-electron chi connectivity index (χ2n) is 13.0. The van der Waals surface area contributed by atoms with Crippen molar-refractivity contribution >= 4 is 33.8 Å². The maximum absolute atomic E-state index is 4.53. The molecule has 0 atom stereocenters. The normalized spacial score (nSPS) is 17.1. The Morgan fingerprint density at radius 1 is 0.955 bits per heavy atom. The molecular formula is C42H42N2. The van der Waals surface area contributed by atoms with Gasteiger partial charge in [0.05, 0.1) is 5.70 Å². The third-order valence-corrected chi connectivity index (χ3v) is 9.72. The van der Waals surface area contributed by atoms with Gasteiger partial charge in [-0.1, -0.05) is 101 Å². The highest BCUT2D eigenvalue weighted by Crippen LogP contribution is 2.52. The minimum absolute atomic E-state index is 0.0393. The minimum Gasteiger partial charge on any atom is -0.355 e. The van der Waals surface area contributed by atoms with Crippen molar-refractivity contribution < 1.29 is 0 Å². The summed E-state index contributed by atoms with van der Waals surface area (Å²) in [4.78, 5) is 2.40. The first-order valence-corrected chi connectivity index (χ1v) is 16.3. The minimum atomic E-state index is 0.0393. The average Bonchev–Trinajstić information content (AvgIpc) is 3.76. The average molecular weight is 575 g/mol. The van der Waals surface area contributed by atoms with Gasteiger partial charge < -0.3 is 10.2 Å². The first kappa shape index (κ1) is 28.3. The molecular weight excluding hydrogens is 532 g/mol. The first-order valence-electron chi connectivity index (χ1n) is 16.3. The molecule has 1 N–H and O–H groups in total. The van der Waals surface area contributed by atoms with Crippen molar-refractivity contribution in [3.63, 3.8) is 0 Å². The number of hydrogen-bond donors (Lipinski definition) is 1. The highest BCUT2D eigenvalue weighted by atomic mass is 15.2. The van der Waals surface area contributed by atoms with E-state index < -0.39 is 0 Å². The third-order valence-electron chi connectivity index (χ3n) is 9.72. The predicted octanol–water partition coefficient (Wildman–Crippen LogP) is 11.6. The van der Waals surface area contributed by atoms with Gasteiger partial charge in [-0.15, -0.1) is 0 Å². The molecule has 3 aromatic rings. The van der Waals surface area contributed by atoms with Gasteiger partial charge in [0.25, 0.3) is 0 Å². The van der Waals surface area contributed by atoms with Crippen LogP contribution in [0.1, 0.15) is 88.0 Å². The number of hydrogen-bond acceptors (Lipinski definition) is 2. The summed E-state index contributed by atoms with van der Waals surface area (Å²) in [6.45, 7) is 11.5. The molecule has 7 rings (SSSR count). The Bertz CT molecular complexity index is 1830. The number of fused-ring (bicyclic) bond motifs is 2. The fourth-order valence-electron chi connectivity index (χ4n) is 7.17. The number of anilines is 3. The van der Waals surface area contributed by atoms with Gasteiger partial charge in [-0.25, -0.2) is 0 Å². The molecule has 4 aliphatic carbocycles. The van der Waals surface area contributed by atoms with E-state index in [1.807, 2.05) is 0 Å². The van der Waals surface area contributed by atoms with E-state index in [4.69, 9.17) is 0 Å². The van der Waals surface area contributed by atoms with E-state index in [1.165, 1.54) is 75.3 Å². The fraction of sp³-hybridized carbons (Fsp3) is 0.262. The Hall–Kier alpha value is -4.52. The summed E-state index contributed by atoms with van der Waals surface area (Å²) in [6.07, 6.45) is 18.8. The van der Waals surface area contributed by atoms with Gasteiger partial charge in [0.1, 0.15) is 0 Å². The zero-order valence-corrected chi connectivity index (χ0v) is 26.3. The number of rotatable bonds is 11. The summed E-state index contributed by atoms with van der Waals surface area (Å²) in [5, 5.41) is 3.66. The molecule has 220 valence electrons. The lowest BCUT2D eigenvalue weighted by molar-refractivity contribution is 0.627. The second-order valence-corrected chi connectivity index (χ2v) is 13.0. The molecule has 0 amide bonds. The van der Waals surface area contributed by atoms with Crippen LogP contribution in [0.4, 0.5) is 17.1 Å². The lowest BCUT2D eigenvalue weighted by Crippen LogP contribution is -2.21. The van der Waals surface area contributed by atoms with Crippen LogP contribution in [0.2, 0.25) is 0 Å². The quantitative estimate of drug-likeness (QED) is 0.181. The molecule has 44 heavy (non-hydrogen) atoms. The fourth-order valence-corrected chi connectivity index (χ4v) is 7.17. The molecule has 2 nitrogen and oxygen atoms in total. The smallest absolute Gasteiger partial charge is 0.0709 e. The molecule has 0 fully saturated rings. The molecule has 0 heterocycles. The Morgan fingerprint density at radius 2 is 1.80 bits per heavy atom. The summed E-state index contributed by atoms with van der Waals surface area (Å²) in [6, 6.07) is 24.6. The molecule has 3 aromatic carbocycles. The summed E-state index contributed by atoms with van der Waals surface area (Å²) in [5.41, 5.74) is 20.4. The van der Waals surface area contributed by atoms with Crippen molar-refractivity contribution in [2.75, 3.05) is 10.2 Å². The van der Waals surface area contributed by atoms with Crippen LogP contribution in [0.5, 0.6) is 0 Å². The van der Waals surface area contributed by atoms with Crippen LogP contribution in [-0.2, 0) is 5.41 Å². The van der Waals surface area contributed by atoms with Crippen molar-refractivity contribution in [1.82, 2.24) is 0 Å². The Morgan fingerprint density at radius 3 is 2.57 bits per heavy atom. The van der Waals surface area contributed by atoms with Crippen LogP contribution in [0.15, 0.2) is 126 Å². The Labute approximate surface area is 263 Å². The van der Waals surface area contributed by atoms with E-state index in [1.54, 1.807) is 5.57 Å². The van der Waals surface area contributed by atoms with Crippen molar-refractivity contribution in [2.24, 2.45) is 0 Å². The largest absolute Gasteiger partial charge is 0.355 e. The Balaban J connectivity index is 1.25. The van der Waals surface area contributed by atoms with Crippen LogP contribution < -0.4 is 10.2 Å². The monoisotopic (exact) mass is 574 g/mol. The van der Waals surface area contributed by atoms with E-state index in [2.05, 4.69) is 140 Å². The van der Waals surface area contributed by atoms with E-state index in [9.17, 15) is 0 Å². The topological polar surface area (TPSA) is 15.3 Å². The van der Waals surface area contributed by atoms with Gasteiger partial charge in [0, 0.05) is 45.7 Å². The maximum atomic E-state index is 4.53. The molecule has 0 saturated carbocycles. The van der Waals surface area contributed by atoms with E-state index in [0.717, 1.165) is 37.1 Å². The van der Waals surface area contributed by atoms with Gasteiger partial charge in [-0.3, -0.25) is 0 Å². The highest BCUT2D eigenvalue weighted by molar-refractivity contribution is 5.90.